The zero-order chi connectivity index (χ0) is 13.7. The largest absolute Gasteiger partial charge is 0.488 e. The third-order valence-electron chi connectivity index (χ3n) is 2.59. The summed E-state index contributed by atoms with van der Waals surface area (Å²) < 4.78 is 5.46. The molecule has 0 radical (unpaired) electrons. The molecule has 2 aromatic carbocycles. The molecular formula is C16H14O2S. The van der Waals surface area contributed by atoms with Gasteiger partial charge in [0.15, 0.2) is 5.78 Å². The summed E-state index contributed by atoms with van der Waals surface area (Å²) in [6.45, 7) is 2.25. The summed E-state index contributed by atoms with van der Waals surface area (Å²) >= 11 is 4.95. The Kier molecular flexibility index (Phi) is 4.42. The molecule has 0 aliphatic heterocycles. The Balaban J connectivity index is 2.10. The van der Waals surface area contributed by atoms with E-state index in [2.05, 4.69) is 0 Å². The molecule has 0 saturated carbocycles. The van der Waals surface area contributed by atoms with Gasteiger partial charge in [-0.2, -0.15) is 0 Å². The highest BCUT2D eigenvalue weighted by molar-refractivity contribution is 7.80. The number of benzene rings is 2. The van der Waals surface area contributed by atoms with E-state index in [1.807, 2.05) is 37.3 Å². The summed E-state index contributed by atoms with van der Waals surface area (Å²) in [6.07, 6.45) is 0. The highest BCUT2D eigenvalue weighted by Gasteiger charge is 2.08. The quantitative estimate of drug-likeness (QED) is 0.612. The van der Waals surface area contributed by atoms with Gasteiger partial charge in [0, 0.05) is 16.0 Å². The maximum absolute atomic E-state index is 12.2. The minimum atomic E-state index is 0.0122. The second-order valence-electron chi connectivity index (χ2n) is 4.21. The number of carbonyl (C=O) groups is 1. The molecule has 2 aromatic rings. The number of thiocarbonyl (C=S) groups is 1. The first-order valence-electron chi connectivity index (χ1n) is 5.99. The topological polar surface area (TPSA) is 26.3 Å². The second kappa shape index (κ2) is 6.25. The van der Waals surface area contributed by atoms with Gasteiger partial charge in [0.1, 0.15) is 12.4 Å². The van der Waals surface area contributed by atoms with Crippen LogP contribution in [-0.2, 0) is 0 Å². The molecule has 0 amide bonds. The third-order valence-corrected chi connectivity index (χ3v) is 2.71. The molecule has 0 heterocycles. The molecule has 0 spiro atoms. The molecule has 0 unspecified atom stereocenters. The van der Waals surface area contributed by atoms with Gasteiger partial charge in [-0.3, -0.25) is 4.79 Å². The molecular weight excluding hydrogens is 256 g/mol. The molecule has 0 fully saturated rings. The van der Waals surface area contributed by atoms with Crippen LogP contribution in [0.25, 0.3) is 0 Å². The lowest BCUT2D eigenvalue weighted by molar-refractivity contribution is 0.103. The molecule has 0 atom stereocenters. The average Bonchev–Trinajstić information content (AvgIpc) is 2.46. The monoisotopic (exact) mass is 270 g/mol. The standard InChI is InChI=1S/C16H14O2S/c1-12(19)11-18-15-9-7-14(8-10-15)16(17)13-5-3-2-4-6-13/h2-10H,11H2,1H3. The Morgan fingerprint density at radius 2 is 1.58 bits per heavy atom. The Labute approximate surface area is 118 Å². The first-order chi connectivity index (χ1) is 9.16. The fraction of sp³-hybridized carbons (Fsp3) is 0.125. The lowest BCUT2D eigenvalue weighted by atomic mass is 10.0. The molecule has 0 bridgehead atoms. The smallest absolute Gasteiger partial charge is 0.193 e. The summed E-state index contributed by atoms with van der Waals surface area (Å²) in [4.78, 5) is 13.0. The summed E-state index contributed by atoms with van der Waals surface area (Å²) in [6, 6.07) is 16.3. The van der Waals surface area contributed by atoms with E-state index < -0.39 is 0 Å². The number of ether oxygens (including phenoxy) is 1. The van der Waals surface area contributed by atoms with Crippen LogP contribution in [0.15, 0.2) is 54.6 Å². The molecule has 0 aromatic heterocycles. The maximum atomic E-state index is 12.2. The molecule has 96 valence electrons. The van der Waals surface area contributed by atoms with Crippen molar-refractivity contribution in [3.63, 3.8) is 0 Å². The molecule has 0 saturated heterocycles. The Morgan fingerprint density at radius 1 is 1.00 bits per heavy atom. The van der Waals surface area contributed by atoms with Crippen molar-refractivity contribution >= 4 is 22.9 Å². The first-order valence-corrected chi connectivity index (χ1v) is 6.39. The van der Waals surface area contributed by atoms with Gasteiger partial charge < -0.3 is 4.74 Å². The molecule has 19 heavy (non-hydrogen) atoms. The van der Waals surface area contributed by atoms with Gasteiger partial charge >= 0.3 is 0 Å². The van der Waals surface area contributed by atoms with Gasteiger partial charge in [-0.05, 0) is 31.2 Å². The van der Waals surface area contributed by atoms with E-state index in [4.69, 9.17) is 17.0 Å². The SMILES string of the molecule is CC(=S)COc1ccc(C(=O)c2ccccc2)cc1. The zero-order valence-corrected chi connectivity index (χ0v) is 11.4. The van der Waals surface area contributed by atoms with E-state index in [1.165, 1.54) is 0 Å². The van der Waals surface area contributed by atoms with E-state index in [0.717, 1.165) is 4.86 Å². The van der Waals surface area contributed by atoms with E-state index >= 15 is 0 Å². The van der Waals surface area contributed by atoms with E-state index in [1.54, 1.807) is 24.3 Å². The van der Waals surface area contributed by atoms with Gasteiger partial charge in [0.2, 0.25) is 0 Å². The third kappa shape index (κ3) is 3.73. The Morgan fingerprint density at radius 3 is 2.16 bits per heavy atom. The van der Waals surface area contributed by atoms with Crippen LogP contribution >= 0.6 is 12.2 Å². The van der Waals surface area contributed by atoms with Crippen LogP contribution in [0.3, 0.4) is 0 Å². The average molecular weight is 270 g/mol. The number of rotatable bonds is 5. The minimum Gasteiger partial charge on any atom is -0.488 e. The molecule has 2 nitrogen and oxygen atoms in total. The van der Waals surface area contributed by atoms with Crippen LogP contribution in [0.1, 0.15) is 22.8 Å². The van der Waals surface area contributed by atoms with Crippen LogP contribution in [0.5, 0.6) is 5.75 Å². The predicted molar refractivity (Wildman–Crippen MR) is 80.1 cm³/mol. The number of carbonyl (C=O) groups excluding carboxylic acids is 1. The van der Waals surface area contributed by atoms with Crippen LogP contribution in [0.2, 0.25) is 0 Å². The first kappa shape index (κ1) is 13.4. The highest BCUT2D eigenvalue weighted by Crippen LogP contribution is 2.15. The fourth-order valence-electron chi connectivity index (χ4n) is 1.64. The minimum absolute atomic E-state index is 0.0122. The van der Waals surface area contributed by atoms with Crippen molar-refractivity contribution in [3.8, 4) is 5.75 Å². The molecule has 0 aliphatic rings. The normalized spacial score (nSPS) is 9.95. The Bertz CT molecular complexity index is 573. The van der Waals surface area contributed by atoms with Crippen molar-refractivity contribution in [2.24, 2.45) is 0 Å². The number of ketones is 1. The van der Waals surface area contributed by atoms with Gasteiger partial charge in [-0.25, -0.2) is 0 Å². The van der Waals surface area contributed by atoms with Crippen LogP contribution < -0.4 is 4.74 Å². The lowest BCUT2D eigenvalue weighted by Crippen LogP contribution is -2.05. The predicted octanol–water partition coefficient (Wildman–Crippen LogP) is 3.69. The Hall–Kier alpha value is -2.00. The van der Waals surface area contributed by atoms with Crippen molar-refractivity contribution in [1.82, 2.24) is 0 Å². The van der Waals surface area contributed by atoms with Crippen LogP contribution in [-0.4, -0.2) is 17.3 Å². The lowest BCUT2D eigenvalue weighted by Gasteiger charge is -2.06. The van der Waals surface area contributed by atoms with Crippen molar-refractivity contribution in [2.75, 3.05) is 6.61 Å². The van der Waals surface area contributed by atoms with Gasteiger partial charge in [-0.1, -0.05) is 42.5 Å². The second-order valence-corrected chi connectivity index (χ2v) is 4.91. The van der Waals surface area contributed by atoms with Crippen LogP contribution in [0.4, 0.5) is 0 Å². The van der Waals surface area contributed by atoms with Gasteiger partial charge in [-0.15, -0.1) is 0 Å². The van der Waals surface area contributed by atoms with Crippen molar-refractivity contribution in [2.45, 2.75) is 6.92 Å². The molecule has 2 rings (SSSR count). The van der Waals surface area contributed by atoms with Gasteiger partial charge in [0.25, 0.3) is 0 Å². The molecule has 3 heteroatoms. The van der Waals surface area contributed by atoms with Crippen molar-refractivity contribution in [3.05, 3.63) is 65.7 Å². The molecule has 0 aliphatic carbocycles. The van der Waals surface area contributed by atoms with E-state index in [9.17, 15) is 4.79 Å². The summed E-state index contributed by atoms with van der Waals surface area (Å²) in [5.41, 5.74) is 1.34. The van der Waals surface area contributed by atoms with E-state index in [0.29, 0.717) is 23.5 Å². The van der Waals surface area contributed by atoms with Crippen molar-refractivity contribution < 1.29 is 9.53 Å². The summed E-state index contributed by atoms with van der Waals surface area (Å²) in [5.74, 6) is 0.729. The fourth-order valence-corrected chi connectivity index (χ4v) is 1.70. The molecule has 0 N–H and O–H groups in total. The highest BCUT2D eigenvalue weighted by atomic mass is 32.1. The zero-order valence-electron chi connectivity index (χ0n) is 10.6. The summed E-state index contributed by atoms with van der Waals surface area (Å²) in [7, 11) is 0. The van der Waals surface area contributed by atoms with Gasteiger partial charge in [0.05, 0.1) is 0 Å². The number of hydrogen-bond donors (Lipinski definition) is 0. The van der Waals surface area contributed by atoms with Crippen LogP contribution in [0, 0.1) is 0 Å². The van der Waals surface area contributed by atoms with E-state index in [-0.39, 0.29) is 5.78 Å². The maximum Gasteiger partial charge on any atom is 0.193 e. The van der Waals surface area contributed by atoms with Crippen molar-refractivity contribution in [1.29, 1.82) is 0 Å². The number of hydrogen-bond acceptors (Lipinski definition) is 3. The summed E-state index contributed by atoms with van der Waals surface area (Å²) in [5, 5.41) is 0.